The molecule has 4 nitrogen and oxygen atoms in total. The summed E-state index contributed by atoms with van der Waals surface area (Å²) in [7, 11) is 0. The van der Waals surface area contributed by atoms with E-state index in [4.69, 9.17) is 0 Å². The van der Waals surface area contributed by atoms with Crippen LogP contribution in [0.2, 0.25) is 0 Å². The van der Waals surface area contributed by atoms with E-state index in [0.717, 1.165) is 49.8 Å². The van der Waals surface area contributed by atoms with Crippen molar-refractivity contribution in [2.75, 3.05) is 13.1 Å². The Morgan fingerprint density at radius 3 is 2.95 bits per heavy atom. The molecular weight excluding hydrogens is 262 g/mol. The number of rotatable bonds is 2. The molecule has 2 aromatic heterocycles. The smallest absolute Gasteiger partial charge is 0.225 e. The van der Waals surface area contributed by atoms with Gasteiger partial charge in [0.15, 0.2) is 0 Å². The highest BCUT2D eigenvalue weighted by Gasteiger charge is 2.32. The Balaban J connectivity index is 1.53. The van der Waals surface area contributed by atoms with Crippen LogP contribution in [0.25, 0.3) is 11.0 Å². The van der Waals surface area contributed by atoms with Gasteiger partial charge in [0.05, 0.1) is 0 Å². The van der Waals surface area contributed by atoms with E-state index in [2.05, 4.69) is 27.0 Å². The van der Waals surface area contributed by atoms with Crippen molar-refractivity contribution in [1.82, 2.24) is 14.9 Å². The summed E-state index contributed by atoms with van der Waals surface area (Å²) in [6, 6.07) is 6.25. The predicted molar refractivity (Wildman–Crippen MR) is 82.0 cm³/mol. The molecule has 1 aliphatic carbocycles. The Morgan fingerprint density at radius 2 is 2.19 bits per heavy atom. The number of nitrogens with zero attached hydrogens (tertiary/aromatic N) is 2. The number of hydrogen-bond acceptors (Lipinski definition) is 2. The van der Waals surface area contributed by atoms with Gasteiger partial charge in [0.2, 0.25) is 5.91 Å². The molecule has 21 heavy (non-hydrogen) atoms. The number of H-pyrrole nitrogens is 1. The van der Waals surface area contributed by atoms with E-state index in [1.807, 2.05) is 12.3 Å². The summed E-state index contributed by atoms with van der Waals surface area (Å²) in [5.41, 5.74) is 2.18. The third kappa shape index (κ3) is 2.33. The highest BCUT2D eigenvalue weighted by atomic mass is 16.2. The summed E-state index contributed by atoms with van der Waals surface area (Å²) in [6.07, 6.45) is 7.48. The van der Waals surface area contributed by atoms with Gasteiger partial charge in [-0.05, 0) is 43.9 Å². The van der Waals surface area contributed by atoms with Crippen LogP contribution >= 0.6 is 0 Å². The van der Waals surface area contributed by atoms with Crippen LogP contribution in [0.5, 0.6) is 0 Å². The minimum Gasteiger partial charge on any atom is -0.343 e. The number of nitrogens with one attached hydrogen (secondary N) is 1. The average molecular weight is 283 g/mol. The van der Waals surface area contributed by atoms with Crippen molar-refractivity contribution in [3.63, 3.8) is 0 Å². The Hall–Kier alpha value is -1.84. The zero-order chi connectivity index (χ0) is 14.2. The lowest BCUT2D eigenvalue weighted by molar-refractivity contribution is -0.139. The maximum absolute atomic E-state index is 12.4. The summed E-state index contributed by atoms with van der Waals surface area (Å²) < 4.78 is 0. The van der Waals surface area contributed by atoms with E-state index in [1.165, 1.54) is 12.1 Å². The molecule has 0 spiro atoms. The third-order valence-corrected chi connectivity index (χ3v) is 5.04. The van der Waals surface area contributed by atoms with Gasteiger partial charge in [0.1, 0.15) is 5.65 Å². The number of aromatic amines is 1. The van der Waals surface area contributed by atoms with Crippen LogP contribution in [0.4, 0.5) is 0 Å². The maximum Gasteiger partial charge on any atom is 0.225 e. The van der Waals surface area contributed by atoms with Crippen LogP contribution in [0.3, 0.4) is 0 Å². The zero-order valence-corrected chi connectivity index (χ0v) is 12.2. The highest BCUT2D eigenvalue weighted by molar-refractivity contribution is 5.80. The summed E-state index contributed by atoms with van der Waals surface area (Å²) >= 11 is 0. The molecule has 1 saturated carbocycles. The van der Waals surface area contributed by atoms with Gasteiger partial charge in [-0.25, -0.2) is 4.98 Å². The van der Waals surface area contributed by atoms with Crippen molar-refractivity contribution in [3.05, 3.63) is 30.1 Å². The Labute approximate surface area is 124 Å². The standard InChI is InChI=1S/C17H21N3O/c21-17(12-4-1-5-12)20-9-3-7-14(11-20)15-10-13-6-2-8-18-16(13)19-15/h2,6,8,10,12,14H,1,3-5,7,9,11H2,(H,18,19)/t14-/m0/s1. The maximum atomic E-state index is 12.4. The second kappa shape index (κ2) is 5.17. The fourth-order valence-corrected chi connectivity index (χ4v) is 3.54. The molecule has 1 saturated heterocycles. The van der Waals surface area contributed by atoms with E-state index in [1.54, 1.807) is 0 Å². The van der Waals surface area contributed by atoms with Gasteiger partial charge in [0.25, 0.3) is 0 Å². The number of amides is 1. The van der Waals surface area contributed by atoms with E-state index in [-0.39, 0.29) is 0 Å². The Kier molecular flexibility index (Phi) is 3.17. The van der Waals surface area contributed by atoms with Crippen LogP contribution in [0.1, 0.15) is 43.7 Å². The molecule has 2 aliphatic rings. The third-order valence-electron chi connectivity index (χ3n) is 5.04. The van der Waals surface area contributed by atoms with Crippen molar-refractivity contribution in [2.45, 2.75) is 38.0 Å². The first kappa shape index (κ1) is 12.9. The van der Waals surface area contributed by atoms with Crippen molar-refractivity contribution in [3.8, 4) is 0 Å². The number of likely N-dealkylation sites (tertiary alicyclic amines) is 1. The van der Waals surface area contributed by atoms with E-state index in [9.17, 15) is 4.79 Å². The molecule has 1 amide bonds. The lowest BCUT2D eigenvalue weighted by Crippen LogP contribution is -2.44. The van der Waals surface area contributed by atoms with E-state index < -0.39 is 0 Å². The van der Waals surface area contributed by atoms with Gasteiger partial charge in [-0.3, -0.25) is 4.79 Å². The molecule has 110 valence electrons. The minimum absolute atomic E-state index is 0.313. The molecule has 3 heterocycles. The van der Waals surface area contributed by atoms with Crippen molar-refractivity contribution < 1.29 is 4.79 Å². The monoisotopic (exact) mass is 283 g/mol. The first-order valence-corrected chi connectivity index (χ1v) is 8.04. The van der Waals surface area contributed by atoms with Gasteiger partial charge in [-0.15, -0.1) is 0 Å². The van der Waals surface area contributed by atoms with Gasteiger partial charge >= 0.3 is 0 Å². The van der Waals surface area contributed by atoms with Crippen LogP contribution in [0, 0.1) is 5.92 Å². The quantitative estimate of drug-likeness (QED) is 0.920. The summed E-state index contributed by atoms with van der Waals surface area (Å²) in [5, 5.41) is 1.16. The van der Waals surface area contributed by atoms with Crippen LogP contribution in [-0.4, -0.2) is 33.9 Å². The van der Waals surface area contributed by atoms with Crippen molar-refractivity contribution in [2.24, 2.45) is 5.92 Å². The molecule has 1 aliphatic heterocycles. The largest absolute Gasteiger partial charge is 0.343 e. The molecule has 0 bridgehead atoms. The summed E-state index contributed by atoms with van der Waals surface area (Å²) in [4.78, 5) is 22.3. The molecule has 4 rings (SSSR count). The first-order valence-electron chi connectivity index (χ1n) is 8.04. The topological polar surface area (TPSA) is 49.0 Å². The number of pyridine rings is 1. The first-order chi connectivity index (χ1) is 10.3. The van der Waals surface area contributed by atoms with Crippen molar-refractivity contribution >= 4 is 16.9 Å². The van der Waals surface area contributed by atoms with Gasteiger partial charge in [-0.2, -0.15) is 0 Å². The summed E-state index contributed by atoms with van der Waals surface area (Å²) in [6.45, 7) is 1.80. The fourth-order valence-electron chi connectivity index (χ4n) is 3.54. The Morgan fingerprint density at radius 1 is 1.29 bits per heavy atom. The van der Waals surface area contributed by atoms with E-state index in [0.29, 0.717) is 17.7 Å². The second-order valence-corrected chi connectivity index (χ2v) is 6.42. The van der Waals surface area contributed by atoms with Crippen LogP contribution in [-0.2, 0) is 4.79 Å². The highest BCUT2D eigenvalue weighted by Crippen LogP contribution is 2.33. The number of carbonyl (C=O) groups excluding carboxylic acids is 1. The Bertz CT molecular complexity index is 626. The molecule has 0 radical (unpaired) electrons. The number of hydrogen-bond donors (Lipinski definition) is 1. The molecule has 1 N–H and O–H groups in total. The van der Waals surface area contributed by atoms with Gasteiger partial charge in [-0.1, -0.05) is 6.42 Å². The number of aromatic nitrogens is 2. The molecule has 2 fully saturated rings. The zero-order valence-electron chi connectivity index (χ0n) is 12.2. The van der Waals surface area contributed by atoms with Crippen LogP contribution < -0.4 is 0 Å². The summed E-state index contributed by atoms with van der Waals surface area (Å²) in [5.74, 6) is 1.13. The van der Waals surface area contributed by atoms with Gasteiger partial charge < -0.3 is 9.88 Å². The van der Waals surface area contributed by atoms with Crippen molar-refractivity contribution in [1.29, 1.82) is 0 Å². The fraction of sp³-hybridized carbons (Fsp3) is 0.529. The molecule has 1 atom stereocenters. The lowest BCUT2D eigenvalue weighted by Gasteiger charge is -2.37. The predicted octanol–water partition coefficient (Wildman–Crippen LogP) is 3.07. The minimum atomic E-state index is 0.313. The normalized spacial score (nSPS) is 23.2. The van der Waals surface area contributed by atoms with Crippen LogP contribution in [0.15, 0.2) is 24.4 Å². The number of piperidine rings is 1. The van der Waals surface area contributed by atoms with E-state index >= 15 is 0 Å². The second-order valence-electron chi connectivity index (χ2n) is 6.42. The van der Waals surface area contributed by atoms with Gasteiger partial charge in [0, 0.05) is 42.2 Å². The molecular formula is C17H21N3O. The molecule has 0 unspecified atom stereocenters. The number of fused-ring (bicyclic) bond motifs is 1. The average Bonchev–Trinajstić information content (AvgIpc) is 2.89. The number of carbonyl (C=O) groups is 1. The lowest BCUT2D eigenvalue weighted by atomic mass is 9.83. The molecule has 2 aromatic rings. The molecule has 4 heteroatoms. The molecule has 0 aromatic carbocycles. The SMILES string of the molecule is O=C(C1CCC1)N1CCC[C@H](c2cc3cccnc3[nH]2)C1.